The first kappa shape index (κ1) is 10.1. The Balaban J connectivity index is 1.88. The number of hydrogen-bond donors (Lipinski definition) is 0. The van der Waals surface area contributed by atoms with E-state index < -0.39 is 0 Å². The fourth-order valence-corrected chi connectivity index (χ4v) is 3.67. The molecule has 4 atom stereocenters. The molecule has 0 bridgehead atoms. The van der Waals surface area contributed by atoms with E-state index in [4.69, 9.17) is 4.74 Å². The lowest BCUT2D eigenvalue weighted by Crippen LogP contribution is -2.54. The molecule has 2 heterocycles. The van der Waals surface area contributed by atoms with Crippen molar-refractivity contribution in [1.29, 1.82) is 0 Å². The predicted octanol–water partition coefficient (Wildman–Crippen LogP) is 1.58. The maximum absolute atomic E-state index is 11.9. The largest absolute Gasteiger partial charge is 0.447 e. The van der Waals surface area contributed by atoms with Crippen molar-refractivity contribution in [1.82, 2.24) is 4.90 Å². The zero-order valence-electron chi connectivity index (χ0n) is 9.52. The molecule has 1 aliphatic carbocycles. The van der Waals surface area contributed by atoms with Crippen LogP contribution in [0, 0.1) is 11.8 Å². The van der Waals surface area contributed by atoms with Crippen LogP contribution in [0.3, 0.4) is 0 Å². The summed E-state index contributed by atoms with van der Waals surface area (Å²) in [6.07, 6.45) is 3.43. The summed E-state index contributed by atoms with van der Waals surface area (Å²) in [5.74, 6) is 0.949. The number of rotatable bonds is 0. The zero-order valence-corrected chi connectivity index (χ0v) is 9.52. The first-order valence-electron chi connectivity index (χ1n) is 6.16. The van der Waals surface area contributed by atoms with Crippen molar-refractivity contribution >= 4 is 11.9 Å². The van der Waals surface area contributed by atoms with Crippen LogP contribution >= 0.6 is 0 Å². The number of fused-ring (bicyclic) bond motifs is 2. The van der Waals surface area contributed by atoms with Gasteiger partial charge >= 0.3 is 6.09 Å². The first-order chi connectivity index (χ1) is 7.68. The third kappa shape index (κ3) is 1.28. The second-order valence-electron chi connectivity index (χ2n) is 5.24. The molecular weight excluding hydrogens is 206 g/mol. The molecule has 88 valence electrons. The molecule has 2 aliphatic heterocycles. The van der Waals surface area contributed by atoms with Crippen LogP contribution in [0.4, 0.5) is 4.79 Å². The quantitative estimate of drug-likeness (QED) is 0.626. The number of amides is 1. The van der Waals surface area contributed by atoms with Crippen molar-refractivity contribution < 1.29 is 14.3 Å². The fraction of sp³-hybridized carbons (Fsp3) is 0.833. The van der Waals surface area contributed by atoms with E-state index in [0.29, 0.717) is 18.3 Å². The van der Waals surface area contributed by atoms with Crippen molar-refractivity contribution in [2.75, 3.05) is 6.61 Å². The highest BCUT2D eigenvalue weighted by atomic mass is 16.6. The van der Waals surface area contributed by atoms with E-state index >= 15 is 0 Å². The second-order valence-corrected chi connectivity index (χ2v) is 5.24. The van der Waals surface area contributed by atoms with Gasteiger partial charge in [-0.3, -0.25) is 9.69 Å². The van der Waals surface area contributed by atoms with Crippen LogP contribution in [-0.2, 0) is 9.53 Å². The summed E-state index contributed by atoms with van der Waals surface area (Å²) in [5, 5.41) is 0. The number of piperidine rings is 1. The Morgan fingerprint density at radius 3 is 3.00 bits per heavy atom. The summed E-state index contributed by atoms with van der Waals surface area (Å²) in [7, 11) is 0. The van der Waals surface area contributed by atoms with Gasteiger partial charge in [0.15, 0.2) is 0 Å². The van der Waals surface area contributed by atoms with Gasteiger partial charge in [-0.2, -0.15) is 0 Å². The molecule has 1 saturated carbocycles. The van der Waals surface area contributed by atoms with Gasteiger partial charge in [-0.1, -0.05) is 0 Å². The minimum atomic E-state index is -0.186. The second kappa shape index (κ2) is 3.47. The maximum atomic E-state index is 11.9. The maximum Gasteiger partial charge on any atom is 0.410 e. The van der Waals surface area contributed by atoms with Gasteiger partial charge in [-0.15, -0.1) is 0 Å². The SMILES string of the molecule is CC1C2CCCC(=O)C2C[C@@H]2COC(=O)N12. The number of carbonyl (C=O) groups excluding carboxylic acids is 2. The molecule has 0 aromatic rings. The van der Waals surface area contributed by atoms with Crippen LogP contribution < -0.4 is 0 Å². The smallest absolute Gasteiger partial charge is 0.410 e. The van der Waals surface area contributed by atoms with Crippen LogP contribution in [-0.4, -0.2) is 35.5 Å². The van der Waals surface area contributed by atoms with Crippen LogP contribution in [0.2, 0.25) is 0 Å². The van der Waals surface area contributed by atoms with Crippen molar-refractivity contribution in [2.24, 2.45) is 11.8 Å². The number of carbonyl (C=O) groups is 2. The monoisotopic (exact) mass is 223 g/mol. The molecular formula is C12H17NO3. The van der Waals surface area contributed by atoms with E-state index in [2.05, 4.69) is 6.92 Å². The molecule has 0 spiro atoms. The topological polar surface area (TPSA) is 46.6 Å². The van der Waals surface area contributed by atoms with Gasteiger partial charge in [0.1, 0.15) is 12.4 Å². The number of nitrogens with zero attached hydrogens (tertiary/aromatic N) is 1. The summed E-state index contributed by atoms with van der Waals surface area (Å²) in [5.41, 5.74) is 0. The van der Waals surface area contributed by atoms with Crippen LogP contribution in [0.15, 0.2) is 0 Å². The summed E-state index contributed by atoms with van der Waals surface area (Å²) < 4.78 is 5.09. The van der Waals surface area contributed by atoms with E-state index in [9.17, 15) is 9.59 Å². The minimum absolute atomic E-state index is 0.144. The van der Waals surface area contributed by atoms with Crippen molar-refractivity contribution in [3.05, 3.63) is 0 Å². The Labute approximate surface area is 94.9 Å². The third-order valence-corrected chi connectivity index (χ3v) is 4.48. The highest BCUT2D eigenvalue weighted by Crippen LogP contribution is 2.42. The molecule has 4 heteroatoms. The van der Waals surface area contributed by atoms with Gasteiger partial charge in [-0.05, 0) is 32.1 Å². The number of cyclic esters (lactones) is 1. The van der Waals surface area contributed by atoms with Gasteiger partial charge in [-0.25, -0.2) is 4.79 Å². The number of ether oxygens (including phenoxy) is 1. The van der Waals surface area contributed by atoms with E-state index in [-0.39, 0.29) is 24.1 Å². The number of Topliss-reactive ketones (excluding diaryl/α,β-unsaturated/α-hetero) is 1. The molecule has 3 fully saturated rings. The summed E-state index contributed by atoms with van der Waals surface area (Å²) in [6.45, 7) is 2.54. The summed E-state index contributed by atoms with van der Waals surface area (Å²) in [6, 6.07) is 0.314. The average molecular weight is 223 g/mol. The van der Waals surface area contributed by atoms with Gasteiger partial charge in [0.2, 0.25) is 0 Å². The van der Waals surface area contributed by atoms with E-state index in [1.807, 2.05) is 4.90 Å². The van der Waals surface area contributed by atoms with E-state index in [0.717, 1.165) is 25.7 Å². The number of ketones is 1. The zero-order chi connectivity index (χ0) is 11.3. The average Bonchev–Trinajstić information content (AvgIpc) is 2.63. The summed E-state index contributed by atoms with van der Waals surface area (Å²) in [4.78, 5) is 25.4. The molecule has 3 aliphatic rings. The Morgan fingerprint density at radius 2 is 2.19 bits per heavy atom. The lowest BCUT2D eigenvalue weighted by Gasteiger charge is -2.45. The van der Waals surface area contributed by atoms with E-state index in [1.165, 1.54) is 0 Å². The van der Waals surface area contributed by atoms with Gasteiger partial charge in [0.05, 0.1) is 6.04 Å². The third-order valence-electron chi connectivity index (χ3n) is 4.48. The first-order valence-corrected chi connectivity index (χ1v) is 6.16. The molecule has 16 heavy (non-hydrogen) atoms. The molecule has 0 radical (unpaired) electrons. The molecule has 0 N–H and O–H groups in total. The number of hydrogen-bond acceptors (Lipinski definition) is 3. The molecule has 3 unspecified atom stereocenters. The molecule has 0 aromatic carbocycles. The van der Waals surface area contributed by atoms with Crippen molar-refractivity contribution in [3.8, 4) is 0 Å². The highest BCUT2D eigenvalue weighted by molar-refractivity contribution is 5.83. The molecule has 3 rings (SSSR count). The van der Waals surface area contributed by atoms with Gasteiger partial charge in [0.25, 0.3) is 0 Å². The van der Waals surface area contributed by atoms with Gasteiger partial charge in [0, 0.05) is 18.4 Å². The Bertz CT molecular complexity index is 341. The van der Waals surface area contributed by atoms with Crippen molar-refractivity contribution in [3.63, 3.8) is 0 Å². The van der Waals surface area contributed by atoms with Crippen LogP contribution in [0.5, 0.6) is 0 Å². The van der Waals surface area contributed by atoms with Crippen LogP contribution in [0.25, 0.3) is 0 Å². The minimum Gasteiger partial charge on any atom is -0.447 e. The van der Waals surface area contributed by atoms with Crippen LogP contribution in [0.1, 0.15) is 32.6 Å². The highest BCUT2D eigenvalue weighted by Gasteiger charge is 2.49. The lowest BCUT2D eigenvalue weighted by atomic mass is 9.69. The van der Waals surface area contributed by atoms with Crippen molar-refractivity contribution in [2.45, 2.75) is 44.7 Å². The fourth-order valence-electron chi connectivity index (χ4n) is 3.67. The normalized spacial score (nSPS) is 42.7. The molecule has 4 nitrogen and oxygen atoms in total. The standard InChI is InChI=1S/C12H17NO3/c1-7-9-3-2-4-11(14)10(9)5-8-6-16-12(15)13(7)8/h7-10H,2-6H2,1H3/t7?,8-,9?,10?/m1/s1. The molecule has 1 amide bonds. The Kier molecular flexibility index (Phi) is 2.19. The Hall–Kier alpha value is -1.06. The summed E-state index contributed by atoms with van der Waals surface area (Å²) >= 11 is 0. The predicted molar refractivity (Wildman–Crippen MR) is 56.9 cm³/mol. The van der Waals surface area contributed by atoms with Gasteiger partial charge < -0.3 is 4.74 Å². The lowest BCUT2D eigenvalue weighted by molar-refractivity contribution is -0.131. The molecule has 2 saturated heterocycles. The van der Waals surface area contributed by atoms with E-state index in [1.54, 1.807) is 0 Å². The molecule has 0 aromatic heterocycles. The Morgan fingerprint density at radius 1 is 1.38 bits per heavy atom.